The second-order valence-electron chi connectivity index (χ2n) is 16.9. The summed E-state index contributed by atoms with van der Waals surface area (Å²) >= 11 is 0. The predicted octanol–water partition coefficient (Wildman–Crippen LogP) is 6.34. The van der Waals surface area contributed by atoms with Gasteiger partial charge in [-0.1, -0.05) is 65.5 Å². The summed E-state index contributed by atoms with van der Waals surface area (Å²) in [5.41, 5.74) is 2.62. The van der Waals surface area contributed by atoms with Gasteiger partial charge in [0.25, 0.3) is 0 Å². The molecule has 0 aromatic rings. The van der Waals surface area contributed by atoms with Crippen LogP contribution in [0.3, 0.4) is 0 Å². The van der Waals surface area contributed by atoms with Gasteiger partial charge in [-0.25, -0.2) is 0 Å². The first kappa shape index (κ1) is 34.8. The van der Waals surface area contributed by atoms with Crippen molar-refractivity contribution in [3.8, 4) is 0 Å². The number of fused-ring (bicyclic) bond motifs is 5. The molecule has 0 amide bonds. The van der Waals surface area contributed by atoms with Crippen LogP contribution in [-0.4, -0.2) is 82.1 Å². The molecule has 0 aromatic heterocycles. The maximum Gasteiger partial charge on any atom is 0.109 e. The molecule has 0 bridgehead atoms. The molecule has 254 valence electrons. The van der Waals surface area contributed by atoms with Crippen molar-refractivity contribution in [2.24, 2.45) is 46.3 Å². The molecule has 1 aliphatic heterocycles. The molecule has 0 radical (unpaired) electrons. The number of nitrogens with zero attached hydrogens (tertiary/aromatic N) is 1. The first-order valence-corrected chi connectivity index (χ1v) is 18.7. The average Bonchev–Trinajstić information content (AvgIpc) is 3.35. The summed E-state index contributed by atoms with van der Waals surface area (Å²) < 4.78 is 6.46. The van der Waals surface area contributed by atoms with Crippen LogP contribution in [-0.2, 0) is 4.74 Å². The maximum absolute atomic E-state index is 10.2. The lowest BCUT2D eigenvalue weighted by molar-refractivity contribution is -0.145. The predicted molar refractivity (Wildman–Crippen MR) is 177 cm³/mol. The van der Waals surface area contributed by atoms with E-state index in [1.165, 1.54) is 64.2 Å². The van der Waals surface area contributed by atoms with Gasteiger partial charge < -0.3 is 25.2 Å². The minimum atomic E-state index is -1.19. The van der Waals surface area contributed by atoms with Crippen LogP contribution < -0.4 is 0 Å². The second-order valence-corrected chi connectivity index (χ2v) is 16.9. The molecule has 4 aliphatic carbocycles. The van der Waals surface area contributed by atoms with Gasteiger partial charge >= 0.3 is 0 Å². The van der Waals surface area contributed by atoms with E-state index in [0.717, 1.165) is 67.8 Å². The Hall–Kier alpha value is -0.500. The Morgan fingerprint density at radius 1 is 0.909 bits per heavy atom. The fourth-order valence-corrected chi connectivity index (χ4v) is 11.3. The third-order valence-electron chi connectivity index (χ3n) is 13.9. The SMILES string of the molecule is CC(C)CCC[C@@H](C)[C@H]1CC[C@H]2C3CC=C4C[C@@H](OCCCCCN5C[C@H](O)[C@@H](O)[C@H](O)[C@H]5CO)CC[C@]4(C)[C@H]3CC[C@]12C. The van der Waals surface area contributed by atoms with Gasteiger partial charge in [0.2, 0.25) is 0 Å². The first-order chi connectivity index (χ1) is 21.0. The molecule has 4 N–H and O–H groups in total. The smallest absolute Gasteiger partial charge is 0.109 e. The molecule has 6 nitrogen and oxygen atoms in total. The van der Waals surface area contributed by atoms with E-state index in [9.17, 15) is 20.4 Å². The van der Waals surface area contributed by atoms with Crippen LogP contribution in [0.4, 0.5) is 0 Å². The summed E-state index contributed by atoms with van der Waals surface area (Å²) in [6.45, 7) is 14.2. The minimum Gasteiger partial charge on any atom is -0.395 e. The zero-order valence-electron chi connectivity index (χ0n) is 28.8. The lowest BCUT2D eigenvalue weighted by Crippen LogP contribution is -2.62. The number of allylic oxidation sites excluding steroid dienone is 1. The second kappa shape index (κ2) is 14.7. The van der Waals surface area contributed by atoms with Crippen molar-refractivity contribution >= 4 is 0 Å². The Bertz CT molecular complexity index is 956. The number of likely N-dealkylation sites (tertiary alicyclic amines) is 1. The Kier molecular flexibility index (Phi) is 11.7. The lowest BCUT2D eigenvalue weighted by atomic mass is 9.47. The van der Waals surface area contributed by atoms with Crippen LogP contribution in [0.15, 0.2) is 11.6 Å². The van der Waals surface area contributed by atoms with E-state index in [1.54, 1.807) is 5.57 Å². The van der Waals surface area contributed by atoms with Crippen LogP contribution in [0.5, 0.6) is 0 Å². The van der Waals surface area contributed by atoms with Crippen molar-refractivity contribution in [3.05, 3.63) is 11.6 Å². The van der Waals surface area contributed by atoms with E-state index >= 15 is 0 Å². The van der Waals surface area contributed by atoms with E-state index in [1.807, 2.05) is 4.90 Å². The standard InChI is InChI=1S/C38H67NO5/c1-25(2)10-9-11-26(3)30-14-15-31-29-13-12-27-22-28(16-18-37(27,4)32(29)17-19-38(30,31)5)44-21-8-6-7-20-39-23-34(41)36(43)35(42)33(39)24-40/h12,25-26,28-36,40-43H,6-11,13-24H2,1-5H3/t26-,28+,29?,30-,31+,32+,33-,34+,35-,36-,37+,38-/m1/s1. The molecular formula is C38H67NO5. The van der Waals surface area contributed by atoms with Gasteiger partial charge in [-0.3, -0.25) is 4.90 Å². The quantitative estimate of drug-likeness (QED) is 0.142. The number of ether oxygens (including phenoxy) is 1. The number of hydrogen-bond acceptors (Lipinski definition) is 6. The zero-order valence-corrected chi connectivity index (χ0v) is 28.8. The van der Waals surface area contributed by atoms with Gasteiger partial charge in [0.05, 0.1) is 24.9 Å². The summed E-state index contributed by atoms with van der Waals surface area (Å²) in [4.78, 5) is 1.92. The van der Waals surface area contributed by atoms with Crippen molar-refractivity contribution in [3.63, 3.8) is 0 Å². The largest absolute Gasteiger partial charge is 0.395 e. The normalized spacial score (nSPS) is 43.3. The molecule has 1 heterocycles. The van der Waals surface area contributed by atoms with Crippen LogP contribution in [0.25, 0.3) is 0 Å². The third kappa shape index (κ3) is 7.02. The van der Waals surface area contributed by atoms with Crippen molar-refractivity contribution in [2.75, 3.05) is 26.3 Å². The number of hydrogen-bond donors (Lipinski definition) is 4. The monoisotopic (exact) mass is 618 g/mol. The molecule has 6 heteroatoms. The Morgan fingerprint density at radius 2 is 1.70 bits per heavy atom. The van der Waals surface area contributed by atoms with E-state index < -0.39 is 24.4 Å². The first-order valence-electron chi connectivity index (χ1n) is 18.7. The highest BCUT2D eigenvalue weighted by Crippen LogP contribution is 2.67. The summed E-state index contributed by atoms with van der Waals surface area (Å²) in [6.07, 6.45) is 17.5. The van der Waals surface area contributed by atoms with Gasteiger partial charge in [-0.15, -0.1) is 0 Å². The molecule has 44 heavy (non-hydrogen) atoms. The van der Waals surface area contributed by atoms with Crippen LogP contribution in [0, 0.1) is 46.3 Å². The number of β-amino-alcohol motifs (C(OH)–C–C–N with tert-alkyl or cyclic N) is 1. The minimum absolute atomic E-state index is 0.218. The fraction of sp³-hybridized carbons (Fsp3) is 0.947. The highest BCUT2D eigenvalue weighted by Gasteiger charge is 2.59. The highest BCUT2D eigenvalue weighted by molar-refractivity contribution is 5.25. The molecule has 1 unspecified atom stereocenters. The topological polar surface area (TPSA) is 93.4 Å². The van der Waals surface area contributed by atoms with E-state index in [-0.39, 0.29) is 13.2 Å². The lowest BCUT2D eigenvalue weighted by Gasteiger charge is -2.58. The molecule has 4 fully saturated rings. The van der Waals surface area contributed by atoms with Crippen molar-refractivity contribution in [1.82, 2.24) is 4.90 Å². The van der Waals surface area contributed by atoms with Crippen molar-refractivity contribution in [1.29, 1.82) is 0 Å². The molecule has 5 aliphatic rings. The molecule has 0 spiro atoms. The Labute approximate surface area is 269 Å². The molecular weight excluding hydrogens is 550 g/mol. The maximum atomic E-state index is 10.2. The molecule has 0 aromatic carbocycles. The molecule has 1 saturated heterocycles. The molecule has 5 rings (SSSR count). The number of aliphatic hydroxyl groups is 4. The van der Waals surface area contributed by atoms with E-state index in [2.05, 4.69) is 40.7 Å². The Morgan fingerprint density at radius 3 is 2.45 bits per heavy atom. The van der Waals surface area contributed by atoms with Crippen LogP contribution in [0.1, 0.15) is 125 Å². The average molecular weight is 618 g/mol. The van der Waals surface area contributed by atoms with Crippen molar-refractivity contribution < 1.29 is 25.2 Å². The van der Waals surface area contributed by atoms with Gasteiger partial charge in [0.1, 0.15) is 12.2 Å². The number of piperidine rings is 1. The molecule has 12 atom stereocenters. The highest BCUT2D eigenvalue weighted by atomic mass is 16.5. The number of rotatable bonds is 13. The summed E-state index contributed by atoms with van der Waals surface area (Å²) in [5.74, 6) is 5.27. The molecule has 3 saturated carbocycles. The van der Waals surface area contributed by atoms with Crippen molar-refractivity contribution in [2.45, 2.75) is 155 Å². The van der Waals surface area contributed by atoms with Crippen LogP contribution >= 0.6 is 0 Å². The van der Waals surface area contributed by atoms with Gasteiger partial charge in [-0.05, 0) is 124 Å². The van der Waals surface area contributed by atoms with Crippen LogP contribution in [0.2, 0.25) is 0 Å². The van der Waals surface area contributed by atoms with E-state index in [0.29, 0.717) is 23.5 Å². The van der Waals surface area contributed by atoms with Gasteiger partial charge in [-0.2, -0.15) is 0 Å². The third-order valence-corrected chi connectivity index (χ3v) is 13.9. The van der Waals surface area contributed by atoms with Gasteiger partial charge in [0.15, 0.2) is 0 Å². The van der Waals surface area contributed by atoms with E-state index in [4.69, 9.17) is 4.74 Å². The number of unbranched alkanes of at least 4 members (excludes halogenated alkanes) is 2. The zero-order chi connectivity index (χ0) is 31.6. The summed E-state index contributed by atoms with van der Waals surface area (Å²) in [5, 5.41) is 39.9. The summed E-state index contributed by atoms with van der Waals surface area (Å²) in [7, 11) is 0. The Balaban J connectivity index is 1.07. The van der Waals surface area contributed by atoms with Gasteiger partial charge in [0, 0.05) is 13.2 Å². The fourth-order valence-electron chi connectivity index (χ4n) is 11.3. The number of aliphatic hydroxyl groups excluding tert-OH is 4. The summed E-state index contributed by atoms with van der Waals surface area (Å²) in [6, 6.07) is -0.513.